The second-order valence-electron chi connectivity index (χ2n) is 4.32. The Balaban J connectivity index is 2.62. The average molecular weight is 302 g/mol. The molecule has 0 bridgehead atoms. The molecule has 108 valence electrons. The van der Waals surface area contributed by atoms with Crippen LogP contribution < -0.4 is 0 Å². The summed E-state index contributed by atoms with van der Waals surface area (Å²) in [6.45, 7) is 0.571. The summed E-state index contributed by atoms with van der Waals surface area (Å²) in [4.78, 5) is 30.2. The van der Waals surface area contributed by atoms with Gasteiger partial charge in [0, 0.05) is 13.2 Å². The summed E-state index contributed by atoms with van der Waals surface area (Å²) < 4.78 is 10.0. The molecule has 0 aliphatic carbocycles. The minimum atomic E-state index is -1.22. The fourth-order valence-electron chi connectivity index (χ4n) is 2.29. The summed E-state index contributed by atoms with van der Waals surface area (Å²) in [5, 5.41) is 11.0. The maximum absolute atomic E-state index is 12.2. The van der Waals surface area contributed by atoms with Crippen LogP contribution in [0, 0.1) is 10.1 Å². The lowest BCUT2D eigenvalue weighted by molar-refractivity contribution is -0.386. The number of nitro groups is 1. The molecule has 1 aromatic heterocycles. The molecule has 1 aliphatic heterocycles. The molecule has 2 rings (SSSR count). The summed E-state index contributed by atoms with van der Waals surface area (Å²) in [6.07, 6.45) is 1.49. The third kappa shape index (κ3) is 2.44. The normalized spacial score (nSPS) is 17.5. The first-order chi connectivity index (χ1) is 9.51. The highest BCUT2D eigenvalue weighted by molar-refractivity contribution is 6.28. The molecule has 0 N–H and O–H groups in total. The number of hydrogen-bond donors (Lipinski definition) is 0. The molecule has 1 aliphatic rings. The smallest absolute Gasteiger partial charge is 0.318 e. The molecular formula is C11H12ClN3O5. The molecule has 0 spiro atoms. The first-order valence-electron chi connectivity index (χ1n) is 5.85. The van der Waals surface area contributed by atoms with E-state index in [1.54, 1.807) is 0 Å². The molecule has 9 heteroatoms. The van der Waals surface area contributed by atoms with Gasteiger partial charge in [-0.1, -0.05) is 0 Å². The molecule has 2 heterocycles. The highest BCUT2D eigenvalue weighted by atomic mass is 35.5. The van der Waals surface area contributed by atoms with Crippen molar-refractivity contribution in [1.82, 2.24) is 9.97 Å². The van der Waals surface area contributed by atoms with Crippen molar-refractivity contribution in [1.29, 1.82) is 0 Å². The number of halogens is 1. The Bertz CT molecular complexity index is 545. The Labute approximate surface area is 119 Å². The standard InChI is InChI=1S/C11H12ClN3O5/c1-19-9(16)11(2-4-20-5-3-11)8-7(15(17)18)6-13-10(12)14-8/h6H,2-5H2,1H3. The van der Waals surface area contributed by atoms with Gasteiger partial charge < -0.3 is 9.47 Å². The SMILES string of the molecule is COC(=O)C1(c2nc(Cl)ncc2[N+](=O)[O-])CCOCC1. The summed E-state index contributed by atoms with van der Waals surface area (Å²) >= 11 is 5.72. The number of carbonyl (C=O) groups is 1. The lowest BCUT2D eigenvalue weighted by Crippen LogP contribution is -2.43. The Morgan fingerprint density at radius 3 is 2.75 bits per heavy atom. The van der Waals surface area contributed by atoms with Crippen LogP contribution in [0.2, 0.25) is 5.28 Å². The van der Waals surface area contributed by atoms with Gasteiger partial charge in [-0.15, -0.1) is 0 Å². The molecule has 0 atom stereocenters. The molecule has 20 heavy (non-hydrogen) atoms. The zero-order valence-electron chi connectivity index (χ0n) is 10.7. The fourth-order valence-corrected chi connectivity index (χ4v) is 2.43. The van der Waals surface area contributed by atoms with Crippen LogP contribution in [0.25, 0.3) is 0 Å². The van der Waals surface area contributed by atoms with E-state index in [-0.39, 0.29) is 42.7 Å². The highest BCUT2D eigenvalue weighted by Gasteiger charge is 2.48. The van der Waals surface area contributed by atoms with E-state index in [4.69, 9.17) is 21.1 Å². The van der Waals surface area contributed by atoms with Gasteiger partial charge in [-0.2, -0.15) is 0 Å². The van der Waals surface area contributed by atoms with Gasteiger partial charge in [0.25, 0.3) is 0 Å². The van der Waals surface area contributed by atoms with Crippen LogP contribution >= 0.6 is 11.6 Å². The van der Waals surface area contributed by atoms with E-state index < -0.39 is 16.3 Å². The lowest BCUT2D eigenvalue weighted by Gasteiger charge is -2.33. The maximum Gasteiger partial charge on any atom is 0.318 e. The third-order valence-electron chi connectivity index (χ3n) is 3.31. The average Bonchev–Trinajstić information content (AvgIpc) is 2.46. The van der Waals surface area contributed by atoms with Crippen molar-refractivity contribution in [3.8, 4) is 0 Å². The van der Waals surface area contributed by atoms with E-state index in [2.05, 4.69) is 9.97 Å². The summed E-state index contributed by atoms with van der Waals surface area (Å²) in [7, 11) is 1.23. The van der Waals surface area contributed by atoms with Crippen LogP contribution in [0.1, 0.15) is 18.5 Å². The van der Waals surface area contributed by atoms with Crippen LogP contribution in [0.15, 0.2) is 6.20 Å². The van der Waals surface area contributed by atoms with Gasteiger partial charge in [-0.05, 0) is 24.4 Å². The first kappa shape index (κ1) is 14.6. The van der Waals surface area contributed by atoms with E-state index in [1.807, 2.05) is 0 Å². The number of carbonyl (C=O) groups excluding carboxylic acids is 1. The number of esters is 1. The van der Waals surface area contributed by atoms with Crippen molar-refractivity contribution in [2.45, 2.75) is 18.3 Å². The Kier molecular flexibility index (Phi) is 4.15. The van der Waals surface area contributed by atoms with E-state index in [0.717, 1.165) is 6.20 Å². The molecule has 1 fully saturated rings. The van der Waals surface area contributed by atoms with Gasteiger partial charge in [0.15, 0.2) is 0 Å². The van der Waals surface area contributed by atoms with Crippen molar-refractivity contribution in [2.75, 3.05) is 20.3 Å². The Morgan fingerprint density at radius 1 is 1.55 bits per heavy atom. The molecule has 1 saturated heterocycles. The number of aromatic nitrogens is 2. The van der Waals surface area contributed by atoms with Crippen LogP contribution in [0.5, 0.6) is 0 Å². The molecule has 0 aromatic carbocycles. The van der Waals surface area contributed by atoms with Crippen LogP contribution in [-0.2, 0) is 19.7 Å². The first-order valence-corrected chi connectivity index (χ1v) is 6.22. The minimum Gasteiger partial charge on any atom is -0.468 e. The van der Waals surface area contributed by atoms with Gasteiger partial charge in [-0.25, -0.2) is 9.97 Å². The Hall–Kier alpha value is -1.80. The quantitative estimate of drug-likeness (QED) is 0.358. The summed E-state index contributed by atoms with van der Waals surface area (Å²) in [5.74, 6) is -0.585. The van der Waals surface area contributed by atoms with Crippen LogP contribution in [0.4, 0.5) is 5.69 Å². The van der Waals surface area contributed by atoms with E-state index >= 15 is 0 Å². The molecule has 0 amide bonds. The predicted octanol–water partition coefficient (Wildman–Crippen LogP) is 1.26. The van der Waals surface area contributed by atoms with Gasteiger partial charge >= 0.3 is 11.7 Å². The molecule has 0 saturated carbocycles. The summed E-state index contributed by atoms with van der Waals surface area (Å²) in [6, 6.07) is 0. The molecule has 8 nitrogen and oxygen atoms in total. The fraction of sp³-hybridized carbons (Fsp3) is 0.545. The number of nitrogens with zero attached hydrogens (tertiary/aromatic N) is 3. The van der Waals surface area contributed by atoms with E-state index in [0.29, 0.717) is 0 Å². The minimum absolute atomic E-state index is 0.0161. The summed E-state index contributed by atoms with van der Waals surface area (Å²) in [5.41, 5.74) is -1.58. The zero-order valence-corrected chi connectivity index (χ0v) is 11.4. The third-order valence-corrected chi connectivity index (χ3v) is 3.49. The molecule has 0 unspecified atom stereocenters. The maximum atomic E-state index is 12.2. The van der Waals surface area contributed by atoms with E-state index in [9.17, 15) is 14.9 Å². The topological polar surface area (TPSA) is 104 Å². The number of rotatable bonds is 3. The number of methoxy groups -OCH3 is 1. The molecular weight excluding hydrogens is 290 g/mol. The van der Waals surface area contributed by atoms with Crippen LogP contribution in [0.3, 0.4) is 0 Å². The molecule has 1 aromatic rings. The van der Waals surface area contributed by atoms with Crippen molar-refractivity contribution in [3.63, 3.8) is 0 Å². The number of hydrogen-bond acceptors (Lipinski definition) is 7. The van der Waals surface area contributed by atoms with Crippen LogP contribution in [-0.4, -0.2) is 41.2 Å². The number of ether oxygens (including phenoxy) is 2. The second-order valence-corrected chi connectivity index (χ2v) is 4.65. The van der Waals surface area contributed by atoms with Gasteiger partial charge in [0.05, 0.1) is 12.0 Å². The van der Waals surface area contributed by atoms with Crippen molar-refractivity contribution < 1.29 is 19.2 Å². The van der Waals surface area contributed by atoms with Gasteiger partial charge in [0.2, 0.25) is 5.28 Å². The second kappa shape index (κ2) is 5.68. The van der Waals surface area contributed by atoms with Crippen molar-refractivity contribution in [2.24, 2.45) is 0 Å². The molecule has 0 radical (unpaired) electrons. The predicted molar refractivity (Wildman–Crippen MR) is 67.4 cm³/mol. The highest BCUT2D eigenvalue weighted by Crippen LogP contribution is 2.39. The van der Waals surface area contributed by atoms with Gasteiger partial charge in [-0.3, -0.25) is 14.9 Å². The lowest BCUT2D eigenvalue weighted by atomic mass is 9.76. The van der Waals surface area contributed by atoms with Crippen molar-refractivity contribution >= 4 is 23.3 Å². The van der Waals surface area contributed by atoms with Gasteiger partial charge in [0.1, 0.15) is 17.3 Å². The largest absolute Gasteiger partial charge is 0.468 e. The van der Waals surface area contributed by atoms with Crippen molar-refractivity contribution in [3.05, 3.63) is 27.3 Å². The monoisotopic (exact) mass is 301 g/mol. The Morgan fingerprint density at radius 2 is 2.20 bits per heavy atom. The zero-order chi connectivity index (χ0) is 14.8. The van der Waals surface area contributed by atoms with E-state index in [1.165, 1.54) is 7.11 Å².